The molecule has 0 saturated carbocycles. The molecule has 0 bridgehead atoms. The summed E-state index contributed by atoms with van der Waals surface area (Å²) in [5.74, 6) is 1.08. The molecular weight excluding hydrogens is 232 g/mol. The molecule has 5 heteroatoms. The van der Waals surface area contributed by atoms with Gasteiger partial charge >= 0.3 is 0 Å². The first-order valence-electron chi connectivity index (χ1n) is 6.35. The molecule has 1 fully saturated rings. The summed E-state index contributed by atoms with van der Waals surface area (Å²) < 4.78 is 5.24. The SMILES string of the molecule is CC(NC(=O)CN1CCC(CO)C1)c1ccco1. The number of hydrogen-bond acceptors (Lipinski definition) is 4. The minimum atomic E-state index is -0.108. The lowest BCUT2D eigenvalue weighted by Gasteiger charge is -2.17. The monoisotopic (exact) mass is 252 g/mol. The smallest absolute Gasteiger partial charge is 0.234 e. The van der Waals surface area contributed by atoms with E-state index in [2.05, 4.69) is 10.2 Å². The van der Waals surface area contributed by atoms with Crippen molar-refractivity contribution in [3.8, 4) is 0 Å². The third-order valence-corrected chi connectivity index (χ3v) is 3.34. The van der Waals surface area contributed by atoms with Crippen molar-refractivity contribution in [2.24, 2.45) is 5.92 Å². The van der Waals surface area contributed by atoms with E-state index in [0.717, 1.165) is 25.3 Å². The minimum Gasteiger partial charge on any atom is -0.467 e. The summed E-state index contributed by atoms with van der Waals surface area (Å²) in [5, 5.41) is 12.0. The first-order valence-corrected chi connectivity index (χ1v) is 6.35. The van der Waals surface area contributed by atoms with Crippen LogP contribution in [0.25, 0.3) is 0 Å². The summed E-state index contributed by atoms with van der Waals surface area (Å²) in [4.78, 5) is 13.9. The summed E-state index contributed by atoms with van der Waals surface area (Å²) in [5.41, 5.74) is 0. The number of amides is 1. The van der Waals surface area contributed by atoms with E-state index in [9.17, 15) is 4.79 Å². The Bertz CT molecular complexity index is 378. The summed E-state index contributed by atoms with van der Waals surface area (Å²) in [6, 6.07) is 3.55. The summed E-state index contributed by atoms with van der Waals surface area (Å²) in [6.45, 7) is 4.19. The number of nitrogens with zero attached hydrogens (tertiary/aromatic N) is 1. The van der Waals surface area contributed by atoms with Crippen LogP contribution in [0, 0.1) is 5.92 Å². The fourth-order valence-corrected chi connectivity index (χ4v) is 2.30. The second-order valence-corrected chi connectivity index (χ2v) is 4.88. The molecule has 1 aliphatic heterocycles. The number of aliphatic hydroxyl groups excluding tert-OH is 1. The fraction of sp³-hybridized carbons (Fsp3) is 0.615. The molecule has 2 unspecified atom stereocenters. The van der Waals surface area contributed by atoms with Gasteiger partial charge in [0, 0.05) is 13.2 Å². The molecule has 1 amide bonds. The average Bonchev–Trinajstić information content (AvgIpc) is 2.98. The molecule has 0 spiro atoms. The highest BCUT2D eigenvalue weighted by atomic mass is 16.3. The third kappa shape index (κ3) is 3.34. The van der Waals surface area contributed by atoms with Crippen LogP contribution in [0.5, 0.6) is 0 Å². The standard InChI is InChI=1S/C13H20N2O3/c1-10(12-3-2-6-18-12)14-13(17)8-15-5-4-11(7-15)9-16/h2-3,6,10-11,16H,4-5,7-9H2,1H3,(H,14,17). The Labute approximate surface area is 107 Å². The van der Waals surface area contributed by atoms with Crippen LogP contribution >= 0.6 is 0 Å². The van der Waals surface area contributed by atoms with Crippen LogP contribution in [0.4, 0.5) is 0 Å². The topological polar surface area (TPSA) is 65.7 Å². The maximum atomic E-state index is 11.8. The van der Waals surface area contributed by atoms with Crippen molar-refractivity contribution in [2.75, 3.05) is 26.2 Å². The number of nitrogens with one attached hydrogen (secondary N) is 1. The Morgan fingerprint density at radius 1 is 1.72 bits per heavy atom. The number of carbonyl (C=O) groups is 1. The molecule has 0 aliphatic carbocycles. The van der Waals surface area contributed by atoms with Crippen molar-refractivity contribution in [3.05, 3.63) is 24.2 Å². The zero-order chi connectivity index (χ0) is 13.0. The summed E-state index contributed by atoms with van der Waals surface area (Å²) in [7, 11) is 0. The molecule has 1 saturated heterocycles. The van der Waals surface area contributed by atoms with Crippen LogP contribution in [0.2, 0.25) is 0 Å². The van der Waals surface area contributed by atoms with Gasteiger partial charge in [-0.05, 0) is 37.9 Å². The zero-order valence-electron chi connectivity index (χ0n) is 10.6. The van der Waals surface area contributed by atoms with E-state index in [1.165, 1.54) is 0 Å². The molecule has 2 rings (SSSR count). The highest BCUT2D eigenvalue weighted by molar-refractivity contribution is 5.78. The quantitative estimate of drug-likeness (QED) is 0.812. The summed E-state index contributed by atoms with van der Waals surface area (Å²) in [6.07, 6.45) is 2.57. The lowest BCUT2D eigenvalue weighted by Crippen LogP contribution is -2.37. The van der Waals surface area contributed by atoms with Crippen LogP contribution in [0.15, 0.2) is 22.8 Å². The van der Waals surface area contributed by atoms with E-state index in [1.54, 1.807) is 6.26 Å². The molecule has 1 aliphatic rings. The summed E-state index contributed by atoms with van der Waals surface area (Å²) >= 11 is 0. The highest BCUT2D eigenvalue weighted by Gasteiger charge is 2.23. The van der Waals surface area contributed by atoms with E-state index >= 15 is 0 Å². The lowest BCUT2D eigenvalue weighted by atomic mass is 10.1. The van der Waals surface area contributed by atoms with Gasteiger partial charge in [-0.3, -0.25) is 9.69 Å². The number of aliphatic hydroxyl groups is 1. The zero-order valence-corrected chi connectivity index (χ0v) is 10.6. The molecule has 2 heterocycles. The van der Waals surface area contributed by atoms with Gasteiger partial charge in [-0.25, -0.2) is 0 Å². The van der Waals surface area contributed by atoms with Gasteiger partial charge in [0.15, 0.2) is 0 Å². The van der Waals surface area contributed by atoms with Crippen LogP contribution in [-0.2, 0) is 4.79 Å². The Morgan fingerprint density at radius 2 is 2.56 bits per heavy atom. The lowest BCUT2D eigenvalue weighted by molar-refractivity contribution is -0.122. The molecule has 0 radical (unpaired) electrons. The van der Waals surface area contributed by atoms with Gasteiger partial charge in [-0.15, -0.1) is 0 Å². The van der Waals surface area contributed by atoms with Gasteiger partial charge in [-0.1, -0.05) is 0 Å². The number of rotatable bonds is 5. The molecule has 18 heavy (non-hydrogen) atoms. The van der Waals surface area contributed by atoms with E-state index in [1.807, 2.05) is 19.1 Å². The molecule has 2 N–H and O–H groups in total. The Kier molecular flexibility index (Phi) is 4.38. The second-order valence-electron chi connectivity index (χ2n) is 4.88. The van der Waals surface area contributed by atoms with Crippen molar-refractivity contribution >= 4 is 5.91 Å². The van der Waals surface area contributed by atoms with Crippen molar-refractivity contribution in [3.63, 3.8) is 0 Å². The van der Waals surface area contributed by atoms with Crippen LogP contribution in [0.3, 0.4) is 0 Å². The molecule has 1 aromatic heterocycles. The number of furan rings is 1. The van der Waals surface area contributed by atoms with Crippen molar-refractivity contribution < 1.29 is 14.3 Å². The van der Waals surface area contributed by atoms with E-state index < -0.39 is 0 Å². The highest BCUT2D eigenvalue weighted by Crippen LogP contribution is 2.15. The van der Waals surface area contributed by atoms with Crippen molar-refractivity contribution in [1.82, 2.24) is 10.2 Å². The van der Waals surface area contributed by atoms with Gasteiger partial charge in [0.2, 0.25) is 5.91 Å². The van der Waals surface area contributed by atoms with Gasteiger partial charge in [0.1, 0.15) is 5.76 Å². The molecular formula is C13H20N2O3. The Balaban J connectivity index is 1.75. The van der Waals surface area contributed by atoms with Gasteiger partial charge in [0.05, 0.1) is 18.8 Å². The van der Waals surface area contributed by atoms with E-state index in [-0.39, 0.29) is 18.6 Å². The Hall–Kier alpha value is -1.33. The van der Waals surface area contributed by atoms with Crippen LogP contribution in [0.1, 0.15) is 25.1 Å². The third-order valence-electron chi connectivity index (χ3n) is 3.34. The number of hydrogen-bond donors (Lipinski definition) is 2. The van der Waals surface area contributed by atoms with E-state index in [4.69, 9.17) is 9.52 Å². The molecule has 2 atom stereocenters. The van der Waals surface area contributed by atoms with Gasteiger partial charge in [0.25, 0.3) is 0 Å². The molecule has 0 aromatic carbocycles. The first-order chi connectivity index (χ1) is 8.69. The van der Waals surface area contributed by atoms with Gasteiger partial charge in [-0.2, -0.15) is 0 Å². The molecule has 1 aromatic rings. The van der Waals surface area contributed by atoms with Crippen molar-refractivity contribution in [1.29, 1.82) is 0 Å². The maximum Gasteiger partial charge on any atom is 0.234 e. The van der Waals surface area contributed by atoms with Crippen LogP contribution < -0.4 is 5.32 Å². The number of carbonyl (C=O) groups excluding carboxylic acids is 1. The predicted molar refractivity (Wildman–Crippen MR) is 66.9 cm³/mol. The fourth-order valence-electron chi connectivity index (χ4n) is 2.30. The second kappa shape index (κ2) is 6.02. The molecule has 100 valence electrons. The Morgan fingerprint density at radius 3 is 3.17 bits per heavy atom. The predicted octanol–water partition coefficient (Wildman–Crippen LogP) is 0.771. The first kappa shape index (κ1) is 13.1. The number of likely N-dealkylation sites (tertiary alicyclic amines) is 1. The van der Waals surface area contributed by atoms with Crippen LogP contribution in [-0.4, -0.2) is 42.2 Å². The maximum absolute atomic E-state index is 11.8. The normalized spacial score (nSPS) is 22.0. The van der Waals surface area contributed by atoms with Crippen molar-refractivity contribution in [2.45, 2.75) is 19.4 Å². The average molecular weight is 252 g/mol. The van der Waals surface area contributed by atoms with E-state index in [0.29, 0.717) is 12.5 Å². The molecule has 5 nitrogen and oxygen atoms in total. The largest absolute Gasteiger partial charge is 0.467 e. The minimum absolute atomic E-state index is 0.00232. The van der Waals surface area contributed by atoms with Gasteiger partial charge < -0.3 is 14.8 Å².